The predicted octanol–water partition coefficient (Wildman–Crippen LogP) is 2.04. The van der Waals surface area contributed by atoms with E-state index >= 15 is 0 Å². The Morgan fingerprint density at radius 2 is 2.41 bits per heavy atom. The molecule has 1 N–H and O–H groups in total. The van der Waals surface area contributed by atoms with Gasteiger partial charge in [-0.15, -0.1) is 11.3 Å². The Hall–Kier alpha value is -1.69. The van der Waals surface area contributed by atoms with Crippen molar-refractivity contribution >= 4 is 17.3 Å². The first-order valence-electron chi connectivity index (χ1n) is 5.39. The van der Waals surface area contributed by atoms with Crippen molar-refractivity contribution in [2.24, 2.45) is 0 Å². The lowest BCUT2D eigenvalue weighted by molar-refractivity contribution is 0.0689. The topological polar surface area (TPSA) is 68.0 Å². The fourth-order valence-electron chi connectivity index (χ4n) is 1.48. The summed E-state index contributed by atoms with van der Waals surface area (Å²) in [6.45, 7) is 2.64. The van der Waals surface area contributed by atoms with Crippen molar-refractivity contribution in [1.29, 1.82) is 0 Å². The molecule has 17 heavy (non-hydrogen) atoms. The first-order chi connectivity index (χ1) is 8.19. The Labute approximate surface area is 103 Å². The normalized spacial score (nSPS) is 10.6. The molecule has 0 spiro atoms. The smallest absolute Gasteiger partial charge is 0.356 e. The van der Waals surface area contributed by atoms with Crippen molar-refractivity contribution < 1.29 is 9.90 Å². The van der Waals surface area contributed by atoms with E-state index in [1.54, 1.807) is 22.2 Å². The third-order valence-corrected chi connectivity index (χ3v) is 3.20. The molecule has 0 aromatic carbocycles. The Balaban J connectivity index is 2.05. The first-order valence-corrected chi connectivity index (χ1v) is 6.27. The number of aromatic carboxylic acids is 1. The van der Waals surface area contributed by atoms with Gasteiger partial charge < -0.3 is 5.11 Å². The third kappa shape index (κ3) is 2.91. The van der Waals surface area contributed by atoms with E-state index in [0.29, 0.717) is 6.54 Å². The minimum absolute atomic E-state index is 0.0639. The highest BCUT2D eigenvalue weighted by Gasteiger charge is 2.08. The fraction of sp³-hybridized carbons (Fsp3) is 0.364. The van der Waals surface area contributed by atoms with Gasteiger partial charge in [0.05, 0.1) is 17.2 Å². The van der Waals surface area contributed by atoms with Crippen molar-refractivity contribution in [1.82, 2.24) is 14.8 Å². The average Bonchev–Trinajstić information content (AvgIpc) is 2.89. The van der Waals surface area contributed by atoms with Gasteiger partial charge in [-0.25, -0.2) is 9.78 Å². The number of carboxylic acid groups (broad SMARTS) is 1. The number of aromatic nitrogens is 3. The molecule has 0 aliphatic rings. The maximum atomic E-state index is 10.7. The van der Waals surface area contributed by atoms with E-state index < -0.39 is 5.97 Å². The number of hydrogen-bond donors (Lipinski definition) is 1. The van der Waals surface area contributed by atoms with Crippen LogP contribution in [0.25, 0.3) is 0 Å². The van der Waals surface area contributed by atoms with Crippen LogP contribution in [0.5, 0.6) is 0 Å². The summed E-state index contributed by atoms with van der Waals surface area (Å²) in [5, 5.41) is 15.8. The zero-order chi connectivity index (χ0) is 12.3. The van der Waals surface area contributed by atoms with Gasteiger partial charge >= 0.3 is 5.97 Å². The minimum Gasteiger partial charge on any atom is -0.476 e. The Bertz CT molecular complexity index is 518. The van der Waals surface area contributed by atoms with Crippen LogP contribution in [0.2, 0.25) is 0 Å². The van der Waals surface area contributed by atoms with E-state index in [1.807, 2.05) is 5.38 Å². The zero-order valence-corrected chi connectivity index (χ0v) is 10.3. The summed E-state index contributed by atoms with van der Waals surface area (Å²) in [5.74, 6) is -1.01. The van der Waals surface area contributed by atoms with Crippen LogP contribution in [0, 0.1) is 0 Å². The van der Waals surface area contributed by atoms with Crippen molar-refractivity contribution in [2.45, 2.75) is 26.3 Å². The maximum Gasteiger partial charge on any atom is 0.356 e. The van der Waals surface area contributed by atoms with Gasteiger partial charge in [0.15, 0.2) is 5.69 Å². The van der Waals surface area contributed by atoms with Crippen molar-refractivity contribution in [3.05, 3.63) is 34.0 Å². The molecular weight excluding hydrogens is 238 g/mol. The molecule has 5 nitrogen and oxygen atoms in total. The third-order valence-electron chi connectivity index (χ3n) is 2.25. The Morgan fingerprint density at radius 3 is 3.06 bits per heavy atom. The number of nitrogens with zero attached hydrogens (tertiary/aromatic N) is 3. The van der Waals surface area contributed by atoms with E-state index in [9.17, 15) is 4.79 Å². The van der Waals surface area contributed by atoms with Gasteiger partial charge in [0.2, 0.25) is 0 Å². The molecule has 0 aliphatic heterocycles. The molecule has 2 rings (SSSR count). The molecule has 0 saturated heterocycles. The molecule has 0 atom stereocenters. The molecule has 90 valence electrons. The molecule has 0 saturated carbocycles. The molecule has 2 aromatic rings. The van der Waals surface area contributed by atoms with Crippen LogP contribution in [0.1, 0.15) is 34.5 Å². The Kier molecular flexibility index (Phi) is 3.53. The van der Waals surface area contributed by atoms with Crippen LogP contribution in [0.4, 0.5) is 0 Å². The molecule has 0 radical (unpaired) electrons. The molecular formula is C11H13N3O2S. The summed E-state index contributed by atoms with van der Waals surface area (Å²) in [6, 6.07) is 1.49. The molecule has 0 unspecified atom stereocenters. The average molecular weight is 251 g/mol. The summed E-state index contributed by atoms with van der Waals surface area (Å²) < 4.78 is 1.59. The number of rotatable bonds is 5. The van der Waals surface area contributed by atoms with Gasteiger partial charge in [0.1, 0.15) is 0 Å². The largest absolute Gasteiger partial charge is 0.476 e. The van der Waals surface area contributed by atoms with Crippen LogP contribution in [0.3, 0.4) is 0 Å². The number of carbonyl (C=O) groups is 1. The van der Waals surface area contributed by atoms with Crippen molar-refractivity contribution in [3.63, 3.8) is 0 Å². The highest BCUT2D eigenvalue weighted by molar-refractivity contribution is 7.09. The monoisotopic (exact) mass is 251 g/mol. The molecule has 2 aromatic heterocycles. The highest BCUT2D eigenvalue weighted by Crippen LogP contribution is 2.12. The van der Waals surface area contributed by atoms with Crippen LogP contribution in [-0.4, -0.2) is 25.8 Å². The van der Waals surface area contributed by atoms with E-state index in [1.165, 1.54) is 6.07 Å². The summed E-state index contributed by atoms with van der Waals surface area (Å²) in [6.07, 6.45) is 3.73. The lowest BCUT2D eigenvalue weighted by atomic mass is 10.3. The van der Waals surface area contributed by atoms with Crippen molar-refractivity contribution in [2.75, 3.05) is 0 Å². The quantitative estimate of drug-likeness (QED) is 0.883. The molecule has 0 bridgehead atoms. The van der Waals surface area contributed by atoms with Crippen molar-refractivity contribution in [3.8, 4) is 0 Å². The number of thiazole rings is 1. The van der Waals surface area contributed by atoms with E-state index in [0.717, 1.165) is 23.5 Å². The van der Waals surface area contributed by atoms with E-state index in [4.69, 9.17) is 5.11 Å². The van der Waals surface area contributed by atoms with E-state index in [2.05, 4.69) is 17.0 Å². The lowest BCUT2D eigenvalue weighted by Gasteiger charge is -1.96. The first kappa shape index (κ1) is 11.8. The van der Waals surface area contributed by atoms with Gasteiger partial charge in [-0.2, -0.15) is 5.10 Å². The zero-order valence-electron chi connectivity index (χ0n) is 9.46. The second-order valence-corrected chi connectivity index (χ2v) is 4.63. The molecule has 0 amide bonds. The van der Waals surface area contributed by atoms with Gasteiger partial charge in [0.25, 0.3) is 0 Å². The summed E-state index contributed by atoms with van der Waals surface area (Å²) in [5.41, 5.74) is 0.993. The van der Waals surface area contributed by atoms with Gasteiger partial charge in [-0.1, -0.05) is 6.92 Å². The van der Waals surface area contributed by atoms with Gasteiger partial charge in [-0.05, 0) is 18.9 Å². The second kappa shape index (κ2) is 5.09. The number of hydrogen-bond acceptors (Lipinski definition) is 4. The summed E-state index contributed by atoms with van der Waals surface area (Å²) in [7, 11) is 0. The Morgan fingerprint density at radius 1 is 1.59 bits per heavy atom. The molecule has 6 heteroatoms. The standard InChI is InChI=1S/C11H13N3O2S/c1-2-3-10-12-8(7-17-10)6-14-5-4-9(13-14)11(15)16/h4-5,7H,2-3,6H2,1H3,(H,15,16). The molecule has 0 fully saturated rings. The highest BCUT2D eigenvalue weighted by atomic mass is 32.1. The summed E-state index contributed by atoms with van der Waals surface area (Å²) >= 11 is 1.64. The van der Waals surface area contributed by atoms with Gasteiger partial charge in [0, 0.05) is 11.6 Å². The molecule has 0 aliphatic carbocycles. The van der Waals surface area contributed by atoms with Crippen LogP contribution >= 0.6 is 11.3 Å². The maximum absolute atomic E-state index is 10.7. The second-order valence-electron chi connectivity index (χ2n) is 3.69. The minimum atomic E-state index is -1.01. The van der Waals surface area contributed by atoms with Crippen LogP contribution < -0.4 is 0 Å². The van der Waals surface area contributed by atoms with Gasteiger partial charge in [-0.3, -0.25) is 4.68 Å². The lowest BCUT2D eigenvalue weighted by Crippen LogP contribution is -2.04. The van der Waals surface area contributed by atoms with Crippen LogP contribution in [-0.2, 0) is 13.0 Å². The fourth-order valence-corrected chi connectivity index (χ4v) is 2.37. The summed E-state index contributed by atoms with van der Waals surface area (Å²) in [4.78, 5) is 15.1. The SMILES string of the molecule is CCCc1nc(Cn2ccc(C(=O)O)n2)cs1. The van der Waals surface area contributed by atoms with E-state index in [-0.39, 0.29) is 5.69 Å². The van der Waals surface area contributed by atoms with Crippen LogP contribution in [0.15, 0.2) is 17.6 Å². The predicted molar refractivity (Wildman–Crippen MR) is 64.4 cm³/mol. The molecule has 2 heterocycles. The number of carboxylic acids is 1. The number of aryl methyl sites for hydroxylation is 1.